The average molecular weight is 253 g/mol. The first kappa shape index (κ1) is 13.7. The molecule has 0 saturated carbocycles. The second-order valence-electron chi connectivity index (χ2n) is 3.92. The van der Waals surface area contributed by atoms with Crippen LogP contribution in [0.4, 0.5) is 0 Å². The van der Waals surface area contributed by atoms with Gasteiger partial charge in [-0.3, -0.25) is 4.79 Å². The number of carbonyl (C=O) groups excluding carboxylic acids is 1. The number of hydrogen-bond donors (Lipinski definition) is 2. The van der Waals surface area contributed by atoms with Crippen LogP contribution in [0.15, 0.2) is 36.9 Å². The zero-order valence-electron chi connectivity index (χ0n) is 9.82. The average Bonchev–Trinajstić information content (AvgIpc) is 2.29. The molecular formula is C13H17ClN2O. The second kappa shape index (κ2) is 6.42. The third-order valence-electron chi connectivity index (χ3n) is 2.46. The van der Waals surface area contributed by atoms with Crippen molar-refractivity contribution in [2.45, 2.75) is 25.4 Å². The van der Waals surface area contributed by atoms with Gasteiger partial charge in [-0.25, -0.2) is 0 Å². The molecule has 1 aromatic rings. The summed E-state index contributed by atoms with van der Waals surface area (Å²) in [5.41, 5.74) is 6.63. The number of benzene rings is 1. The van der Waals surface area contributed by atoms with Crippen LogP contribution >= 0.6 is 11.6 Å². The lowest BCUT2D eigenvalue weighted by Gasteiger charge is -2.17. The van der Waals surface area contributed by atoms with Gasteiger partial charge in [-0.2, -0.15) is 0 Å². The van der Waals surface area contributed by atoms with Gasteiger partial charge in [0.15, 0.2) is 0 Å². The smallest absolute Gasteiger partial charge is 0.237 e. The van der Waals surface area contributed by atoms with Gasteiger partial charge >= 0.3 is 0 Å². The van der Waals surface area contributed by atoms with E-state index in [1.807, 2.05) is 25.1 Å². The van der Waals surface area contributed by atoms with Crippen LogP contribution in [0, 0.1) is 0 Å². The van der Waals surface area contributed by atoms with Gasteiger partial charge in [0, 0.05) is 5.02 Å². The monoisotopic (exact) mass is 252 g/mol. The maximum atomic E-state index is 11.7. The van der Waals surface area contributed by atoms with E-state index in [2.05, 4.69) is 11.9 Å². The molecule has 0 fully saturated rings. The van der Waals surface area contributed by atoms with Gasteiger partial charge in [-0.1, -0.05) is 29.8 Å². The fourth-order valence-corrected chi connectivity index (χ4v) is 1.67. The number of nitrogens with one attached hydrogen (secondary N) is 1. The summed E-state index contributed by atoms with van der Waals surface area (Å²) in [6, 6.07) is 6.72. The minimum absolute atomic E-state index is 0.114. The Morgan fingerprint density at radius 3 is 2.94 bits per heavy atom. The quantitative estimate of drug-likeness (QED) is 0.791. The number of amides is 1. The molecule has 0 radical (unpaired) electrons. The normalized spacial score (nSPS) is 13.8. The van der Waals surface area contributed by atoms with Crippen molar-refractivity contribution in [3.8, 4) is 0 Å². The van der Waals surface area contributed by atoms with Crippen LogP contribution in [0.3, 0.4) is 0 Å². The minimum Gasteiger partial charge on any atom is -0.348 e. The van der Waals surface area contributed by atoms with E-state index in [0.29, 0.717) is 11.4 Å². The molecule has 2 atom stereocenters. The van der Waals surface area contributed by atoms with Crippen LogP contribution < -0.4 is 11.1 Å². The van der Waals surface area contributed by atoms with Gasteiger partial charge in [0.1, 0.15) is 0 Å². The molecule has 0 bridgehead atoms. The predicted molar refractivity (Wildman–Crippen MR) is 70.8 cm³/mol. The molecule has 1 rings (SSSR count). The zero-order chi connectivity index (χ0) is 12.8. The third-order valence-corrected chi connectivity index (χ3v) is 2.70. The summed E-state index contributed by atoms with van der Waals surface area (Å²) in [5.74, 6) is -0.183. The molecule has 17 heavy (non-hydrogen) atoms. The molecule has 0 aliphatic heterocycles. The molecule has 92 valence electrons. The molecule has 1 amide bonds. The molecule has 0 aliphatic rings. The van der Waals surface area contributed by atoms with E-state index in [1.54, 1.807) is 12.1 Å². The van der Waals surface area contributed by atoms with Gasteiger partial charge in [0.05, 0.1) is 12.1 Å². The van der Waals surface area contributed by atoms with Crippen LogP contribution in [-0.2, 0) is 4.79 Å². The van der Waals surface area contributed by atoms with Crippen molar-refractivity contribution in [2.75, 3.05) is 0 Å². The van der Waals surface area contributed by atoms with Crippen LogP contribution in [0.25, 0.3) is 0 Å². The summed E-state index contributed by atoms with van der Waals surface area (Å²) in [7, 11) is 0. The Labute approximate surface area is 107 Å². The van der Waals surface area contributed by atoms with Crippen molar-refractivity contribution in [2.24, 2.45) is 5.73 Å². The first-order valence-corrected chi connectivity index (χ1v) is 5.84. The van der Waals surface area contributed by atoms with E-state index in [-0.39, 0.29) is 11.9 Å². The Hall–Kier alpha value is -1.32. The Bertz CT molecular complexity index is 406. The summed E-state index contributed by atoms with van der Waals surface area (Å²) in [4.78, 5) is 11.7. The highest BCUT2D eigenvalue weighted by Crippen LogP contribution is 2.17. The van der Waals surface area contributed by atoms with E-state index in [4.69, 9.17) is 17.3 Å². The highest BCUT2D eigenvalue weighted by Gasteiger charge is 2.15. The second-order valence-corrected chi connectivity index (χ2v) is 4.35. The molecule has 2 unspecified atom stereocenters. The molecule has 4 heteroatoms. The minimum atomic E-state index is -0.547. The van der Waals surface area contributed by atoms with Crippen LogP contribution in [0.5, 0.6) is 0 Å². The standard InChI is InChI=1S/C13H17ClN2O/c1-3-5-12(15)13(17)16-9(2)10-6-4-7-11(14)8-10/h3-4,6-9,12H,1,5,15H2,2H3,(H,16,17). The van der Waals surface area contributed by atoms with Crippen LogP contribution in [0.1, 0.15) is 24.9 Å². The van der Waals surface area contributed by atoms with Gasteiger partial charge in [-0.15, -0.1) is 6.58 Å². The SMILES string of the molecule is C=CCC(N)C(=O)NC(C)c1cccc(Cl)c1. The van der Waals surface area contributed by atoms with Gasteiger partial charge < -0.3 is 11.1 Å². The van der Waals surface area contributed by atoms with E-state index in [0.717, 1.165) is 5.56 Å². The summed E-state index contributed by atoms with van der Waals surface area (Å²) in [6.07, 6.45) is 2.10. The van der Waals surface area contributed by atoms with Crippen molar-refractivity contribution < 1.29 is 4.79 Å². The summed E-state index contributed by atoms with van der Waals surface area (Å²) in [6.45, 7) is 5.45. The van der Waals surface area contributed by atoms with E-state index < -0.39 is 6.04 Å². The Kier molecular flexibility index (Phi) is 5.19. The molecular weight excluding hydrogens is 236 g/mol. The van der Waals surface area contributed by atoms with Crippen LogP contribution in [0.2, 0.25) is 5.02 Å². The number of carbonyl (C=O) groups is 1. The van der Waals surface area contributed by atoms with Gasteiger partial charge in [-0.05, 0) is 31.0 Å². The highest BCUT2D eigenvalue weighted by atomic mass is 35.5. The highest BCUT2D eigenvalue weighted by molar-refractivity contribution is 6.30. The lowest BCUT2D eigenvalue weighted by atomic mass is 10.1. The topological polar surface area (TPSA) is 55.1 Å². The maximum Gasteiger partial charge on any atom is 0.237 e. The summed E-state index contributed by atoms with van der Waals surface area (Å²) < 4.78 is 0. The maximum absolute atomic E-state index is 11.7. The zero-order valence-corrected chi connectivity index (χ0v) is 10.6. The largest absolute Gasteiger partial charge is 0.348 e. The summed E-state index contributed by atoms with van der Waals surface area (Å²) >= 11 is 5.89. The van der Waals surface area contributed by atoms with Gasteiger partial charge in [0.2, 0.25) is 5.91 Å². The van der Waals surface area contributed by atoms with Crippen molar-refractivity contribution in [1.82, 2.24) is 5.32 Å². The number of nitrogens with two attached hydrogens (primary N) is 1. The predicted octanol–water partition coefficient (Wildman–Crippen LogP) is 2.42. The molecule has 3 nitrogen and oxygen atoms in total. The first-order chi connectivity index (χ1) is 8.04. The Morgan fingerprint density at radius 2 is 2.35 bits per heavy atom. The Morgan fingerprint density at radius 1 is 1.65 bits per heavy atom. The van der Waals surface area contributed by atoms with Crippen molar-refractivity contribution >= 4 is 17.5 Å². The fraction of sp³-hybridized carbons (Fsp3) is 0.308. The lowest BCUT2D eigenvalue weighted by Crippen LogP contribution is -2.41. The molecule has 0 aromatic heterocycles. The molecule has 3 N–H and O–H groups in total. The van der Waals surface area contributed by atoms with Crippen LogP contribution in [-0.4, -0.2) is 11.9 Å². The number of rotatable bonds is 5. The molecule has 0 heterocycles. The van der Waals surface area contributed by atoms with Crippen molar-refractivity contribution in [3.05, 3.63) is 47.5 Å². The lowest BCUT2D eigenvalue weighted by molar-refractivity contribution is -0.122. The number of halogens is 1. The Balaban J connectivity index is 2.63. The van der Waals surface area contributed by atoms with E-state index in [9.17, 15) is 4.79 Å². The molecule has 0 saturated heterocycles. The number of hydrogen-bond acceptors (Lipinski definition) is 2. The van der Waals surface area contributed by atoms with E-state index in [1.165, 1.54) is 0 Å². The first-order valence-electron chi connectivity index (χ1n) is 5.47. The molecule has 1 aromatic carbocycles. The molecule has 0 aliphatic carbocycles. The fourth-order valence-electron chi connectivity index (χ4n) is 1.47. The molecule has 0 spiro atoms. The third kappa shape index (κ3) is 4.21. The van der Waals surface area contributed by atoms with Crippen molar-refractivity contribution in [1.29, 1.82) is 0 Å². The van der Waals surface area contributed by atoms with Crippen molar-refractivity contribution in [3.63, 3.8) is 0 Å². The summed E-state index contributed by atoms with van der Waals surface area (Å²) in [5, 5.41) is 3.49. The van der Waals surface area contributed by atoms with E-state index >= 15 is 0 Å². The van der Waals surface area contributed by atoms with Gasteiger partial charge in [0.25, 0.3) is 0 Å².